The van der Waals surface area contributed by atoms with Crippen molar-refractivity contribution in [1.29, 1.82) is 0 Å². The number of allylic oxidation sites excluding steroid dienone is 1. The molecule has 0 heterocycles. The molecule has 1 nitrogen and oxygen atoms in total. The molecule has 0 amide bonds. The maximum atomic E-state index is 13.3. The number of rotatable bonds is 3. The molecular formula is C10H9ClF2O. The molecule has 0 radical (unpaired) electrons. The van der Waals surface area contributed by atoms with Gasteiger partial charge in [0.1, 0.15) is 17.4 Å². The van der Waals surface area contributed by atoms with Gasteiger partial charge >= 0.3 is 0 Å². The molecule has 0 aliphatic rings. The van der Waals surface area contributed by atoms with Gasteiger partial charge in [-0.3, -0.25) is 0 Å². The Morgan fingerprint density at radius 2 is 2.14 bits per heavy atom. The summed E-state index contributed by atoms with van der Waals surface area (Å²) >= 11 is 5.51. The number of hydrogen-bond donors (Lipinski definition) is 0. The van der Waals surface area contributed by atoms with E-state index >= 15 is 0 Å². The van der Waals surface area contributed by atoms with E-state index in [1.165, 1.54) is 7.11 Å². The highest BCUT2D eigenvalue weighted by molar-refractivity contribution is 6.23. The van der Waals surface area contributed by atoms with Crippen molar-refractivity contribution in [2.24, 2.45) is 0 Å². The van der Waals surface area contributed by atoms with Crippen LogP contribution < -0.4 is 4.74 Å². The smallest absolute Gasteiger partial charge is 0.137 e. The van der Waals surface area contributed by atoms with E-state index < -0.39 is 11.6 Å². The first-order valence-corrected chi connectivity index (χ1v) is 4.40. The van der Waals surface area contributed by atoms with Crippen LogP contribution in [-0.4, -0.2) is 13.0 Å². The molecule has 0 saturated carbocycles. The standard InChI is InChI=1S/C10H9ClF2O/c1-6(5-11)10-8(13)3-7(12)4-9(10)14-2/h3-4H,1,5H2,2H3. The van der Waals surface area contributed by atoms with Gasteiger partial charge < -0.3 is 4.74 Å². The molecule has 76 valence electrons. The lowest BCUT2D eigenvalue weighted by atomic mass is 10.1. The van der Waals surface area contributed by atoms with Crippen LogP contribution in [0, 0.1) is 11.6 Å². The number of hydrogen-bond acceptors (Lipinski definition) is 1. The van der Waals surface area contributed by atoms with Crippen molar-refractivity contribution in [2.45, 2.75) is 0 Å². The Hall–Kier alpha value is -1.09. The molecular weight excluding hydrogens is 210 g/mol. The largest absolute Gasteiger partial charge is 0.496 e. The van der Waals surface area contributed by atoms with E-state index in [0.717, 1.165) is 12.1 Å². The highest BCUT2D eigenvalue weighted by Gasteiger charge is 2.14. The van der Waals surface area contributed by atoms with E-state index in [1.807, 2.05) is 0 Å². The van der Waals surface area contributed by atoms with Gasteiger partial charge in [-0.1, -0.05) is 6.58 Å². The van der Waals surface area contributed by atoms with Gasteiger partial charge in [-0.15, -0.1) is 11.6 Å². The Balaban J connectivity index is 3.32. The lowest BCUT2D eigenvalue weighted by Crippen LogP contribution is -1.97. The van der Waals surface area contributed by atoms with Crippen LogP contribution in [0.2, 0.25) is 0 Å². The summed E-state index contributed by atoms with van der Waals surface area (Å²) in [4.78, 5) is 0. The average molecular weight is 219 g/mol. The average Bonchev–Trinajstić information content (AvgIpc) is 2.15. The summed E-state index contributed by atoms with van der Waals surface area (Å²) in [5, 5.41) is 0. The molecule has 0 bridgehead atoms. The first-order chi connectivity index (χ1) is 6.60. The van der Waals surface area contributed by atoms with Gasteiger partial charge in [0.05, 0.1) is 12.7 Å². The molecule has 0 aliphatic heterocycles. The molecule has 1 aromatic carbocycles. The number of alkyl halides is 1. The van der Waals surface area contributed by atoms with Crippen LogP contribution in [0.15, 0.2) is 18.7 Å². The highest BCUT2D eigenvalue weighted by atomic mass is 35.5. The van der Waals surface area contributed by atoms with Crippen LogP contribution in [0.3, 0.4) is 0 Å². The summed E-state index contributed by atoms with van der Waals surface area (Å²) in [6.45, 7) is 3.57. The number of methoxy groups -OCH3 is 1. The van der Waals surface area contributed by atoms with Crippen LogP contribution in [0.4, 0.5) is 8.78 Å². The fraction of sp³-hybridized carbons (Fsp3) is 0.200. The van der Waals surface area contributed by atoms with Crippen molar-refractivity contribution in [2.75, 3.05) is 13.0 Å². The summed E-state index contributed by atoms with van der Waals surface area (Å²) in [6, 6.07) is 1.87. The van der Waals surface area contributed by atoms with Gasteiger partial charge in [-0.2, -0.15) is 0 Å². The van der Waals surface area contributed by atoms with Gasteiger partial charge in [0, 0.05) is 18.0 Å². The minimum Gasteiger partial charge on any atom is -0.496 e. The summed E-state index contributed by atoms with van der Waals surface area (Å²) < 4.78 is 30.9. The second-order valence-corrected chi connectivity index (χ2v) is 2.97. The zero-order valence-electron chi connectivity index (χ0n) is 7.61. The third-order valence-corrected chi connectivity index (χ3v) is 2.08. The molecule has 14 heavy (non-hydrogen) atoms. The van der Waals surface area contributed by atoms with Crippen LogP contribution in [0.5, 0.6) is 5.75 Å². The Morgan fingerprint density at radius 3 is 2.64 bits per heavy atom. The predicted molar refractivity (Wildman–Crippen MR) is 52.7 cm³/mol. The van der Waals surface area contributed by atoms with Crippen LogP contribution >= 0.6 is 11.6 Å². The monoisotopic (exact) mass is 218 g/mol. The van der Waals surface area contributed by atoms with E-state index in [4.69, 9.17) is 16.3 Å². The molecule has 0 unspecified atom stereocenters. The zero-order valence-corrected chi connectivity index (χ0v) is 8.37. The zero-order chi connectivity index (χ0) is 10.7. The van der Waals surface area contributed by atoms with Crippen LogP contribution in [-0.2, 0) is 0 Å². The van der Waals surface area contributed by atoms with Crippen molar-refractivity contribution in [3.63, 3.8) is 0 Å². The van der Waals surface area contributed by atoms with Gasteiger partial charge in [0.25, 0.3) is 0 Å². The summed E-state index contributed by atoms with van der Waals surface area (Å²) in [5.74, 6) is -1.23. The van der Waals surface area contributed by atoms with Gasteiger partial charge in [0.2, 0.25) is 0 Å². The second-order valence-electron chi connectivity index (χ2n) is 2.70. The van der Waals surface area contributed by atoms with Crippen molar-refractivity contribution in [3.05, 3.63) is 35.9 Å². The third kappa shape index (κ3) is 2.04. The Kier molecular flexibility index (Phi) is 3.47. The molecule has 0 atom stereocenters. The van der Waals surface area contributed by atoms with E-state index in [-0.39, 0.29) is 17.2 Å². The fourth-order valence-electron chi connectivity index (χ4n) is 1.12. The summed E-state index contributed by atoms with van der Waals surface area (Å²) in [5.41, 5.74) is 0.491. The SMILES string of the molecule is C=C(CCl)c1c(F)cc(F)cc1OC. The van der Waals surface area contributed by atoms with Crippen molar-refractivity contribution < 1.29 is 13.5 Å². The number of ether oxygens (including phenoxy) is 1. The van der Waals surface area contributed by atoms with Crippen LogP contribution in [0.1, 0.15) is 5.56 Å². The first-order valence-electron chi connectivity index (χ1n) is 3.87. The lowest BCUT2D eigenvalue weighted by Gasteiger charge is -2.10. The van der Waals surface area contributed by atoms with Gasteiger partial charge in [-0.05, 0) is 5.57 Å². The highest BCUT2D eigenvalue weighted by Crippen LogP contribution is 2.29. The third-order valence-electron chi connectivity index (χ3n) is 1.75. The molecule has 0 spiro atoms. The quantitative estimate of drug-likeness (QED) is 0.708. The van der Waals surface area contributed by atoms with Gasteiger partial charge in [-0.25, -0.2) is 8.78 Å². The Labute approximate surface area is 85.9 Å². The minimum atomic E-state index is -0.715. The van der Waals surface area contributed by atoms with Crippen molar-refractivity contribution in [3.8, 4) is 5.75 Å². The van der Waals surface area contributed by atoms with Crippen LogP contribution in [0.25, 0.3) is 5.57 Å². The maximum Gasteiger partial charge on any atom is 0.137 e. The lowest BCUT2D eigenvalue weighted by molar-refractivity contribution is 0.405. The second kappa shape index (κ2) is 4.42. The molecule has 0 N–H and O–H groups in total. The fourth-order valence-corrected chi connectivity index (χ4v) is 1.25. The number of benzene rings is 1. The molecule has 0 aliphatic carbocycles. The summed E-state index contributed by atoms with van der Waals surface area (Å²) in [6.07, 6.45) is 0. The Morgan fingerprint density at radius 1 is 1.50 bits per heavy atom. The maximum absolute atomic E-state index is 13.3. The molecule has 1 rings (SSSR count). The van der Waals surface area contributed by atoms with Crippen molar-refractivity contribution in [1.82, 2.24) is 0 Å². The molecule has 1 aromatic rings. The molecule has 0 saturated heterocycles. The topological polar surface area (TPSA) is 9.23 Å². The minimum absolute atomic E-state index is 0.0684. The molecule has 0 aromatic heterocycles. The van der Waals surface area contributed by atoms with E-state index in [0.29, 0.717) is 5.57 Å². The predicted octanol–water partition coefficient (Wildman–Crippen LogP) is 3.23. The molecule has 0 fully saturated rings. The van der Waals surface area contributed by atoms with E-state index in [1.54, 1.807) is 0 Å². The summed E-state index contributed by atoms with van der Waals surface area (Å²) in [7, 11) is 1.33. The molecule has 4 heteroatoms. The van der Waals surface area contributed by atoms with E-state index in [2.05, 4.69) is 6.58 Å². The van der Waals surface area contributed by atoms with E-state index in [9.17, 15) is 8.78 Å². The normalized spacial score (nSPS) is 10.0. The Bertz CT molecular complexity index is 363. The first kappa shape index (κ1) is 11.0. The number of halogens is 3. The van der Waals surface area contributed by atoms with Crippen molar-refractivity contribution >= 4 is 17.2 Å². The van der Waals surface area contributed by atoms with Gasteiger partial charge in [0.15, 0.2) is 0 Å².